The van der Waals surface area contributed by atoms with Gasteiger partial charge in [-0.15, -0.1) is 0 Å². The Morgan fingerprint density at radius 1 is 1.30 bits per heavy atom. The van der Waals surface area contributed by atoms with Gasteiger partial charge in [-0.25, -0.2) is 4.72 Å². The number of aromatic nitrogens is 1. The Morgan fingerprint density at radius 3 is 2.70 bits per heavy atom. The maximum Gasteiger partial charge on any atom is 0.304 e. The maximum absolute atomic E-state index is 13.1. The van der Waals surface area contributed by atoms with Crippen LogP contribution in [0, 0.1) is 6.92 Å². The van der Waals surface area contributed by atoms with Crippen LogP contribution in [0.25, 0.3) is 11.3 Å². The van der Waals surface area contributed by atoms with Gasteiger partial charge in [0.05, 0.1) is 5.69 Å². The van der Waals surface area contributed by atoms with Gasteiger partial charge >= 0.3 is 10.2 Å². The standard InChI is InChI=1S/C16H15BrN4O5S/c1-9-13(14(26-18-9)10-2-4-11(17)5-3-10)16(23)20-6-7-21-12(8-20)15(22)19-27(21,24)25/h2-5,12H,6-8H2,1H3,(H,19,22). The Kier molecular flexibility index (Phi) is 4.32. The fourth-order valence-corrected chi connectivity index (χ4v) is 4.88. The number of rotatable bonds is 2. The fraction of sp³-hybridized carbons (Fsp3) is 0.312. The molecule has 2 amide bonds. The molecule has 1 unspecified atom stereocenters. The first-order valence-electron chi connectivity index (χ1n) is 8.13. The molecular formula is C16H15BrN4O5S. The van der Waals surface area contributed by atoms with Crippen molar-refractivity contribution in [1.82, 2.24) is 19.1 Å². The number of carbonyl (C=O) groups excluding carboxylic acids is 2. The molecule has 11 heteroatoms. The third kappa shape index (κ3) is 3.05. The van der Waals surface area contributed by atoms with Gasteiger partial charge in [-0.1, -0.05) is 21.1 Å². The second kappa shape index (κ2) is 6.43. The van der Waals surface area contributed by atoms with Crippen molar-refractivity contribution < 1.29 is 22.5 Å². The SMILES string of the molecule is Cc1noc(-c2ccc(Br)cc2)c1C(=O)N1CCN2C(C1)C(=O)NS2(=O)=O. The average Bonchev–Trinajstić information content (AvgIpc) is 3.12. The Bertz CT molecular complexity index is 1030. The fourth-order valence-electron chi connectivity index (χ4n) is 3.28. The second-order valence-electron chi connectivity index (χ2n) is 6.33. The molecule has 9 nitrogen and oxygen atoms in total. The summed E-state index contributed by atoms with van der Waals surface area (Å²) in [5, 5.41) is 3.92. The Labute approximate surface area is 163 Å². The third-order valence-electron chi connectivity index (χ3n) is 4.64. The first-order valence-corrected chi connectivity index (χ1v) is 10.4. The van der Waals surface area contributed by atoms with Crippen molar-refractivity contribution in [2.75, 3.05) is 19.6 Å². The summed E-state index contributed by atoms with van der Waals surface area (Å²) < 4.78 is 33.1. The van der Waals surface area contributed by atoms with E-state index in [0.717, 1.165) is 8.78 Å². The van der Waals surface area contributed by atoms with Crippen LogP contribution in [0.1, 0.15) is 16.1 Å². The van der Waals surface area contributed by atoms with Crippen LogP contribution in [0.5, 0.6) is 0 Å². The minimum Gasteiger partial charge on any atom is -0.355 e. The molecule has 0 spiro atoms. The first-order chi connectivity index (χ1) is 12.8. The zero-order valence-electron chi connectivity index (χ0n) is 14.2. The van der Waals surface area contributed by atoms with E-state index < -0.39 is 22.2 Å². The molecule has 2 saturated heterocycles. The number of fused-ring (bicyclic) bond motifs is 1. The number of hydrogen-bond acceptors (Lipinski definition) is 6. The Hall–Kier alpha value is -2.24. The molecule has 1 atom stereocenters. The average molecular weight is 455 g/mol. The van der Waals surface area contributed by atoms with Crippen molar-refractivity contribution in [3.05, 3.63) is 40.0 Å². The normalized spacial score (nSPS) is 21.8. The monoisotopic (exact) mass is 454 g/mol. The molecule has 27 heavy (non-hydrogen) atoms. The number of amides is 2. The van der Waals surface area contributed by atoms with Crippen molar-refractivity contribution in [3.63, 3.8) is 0 Å². The molecule has 0 bridgehead atoms. The number of piperazine rings is 1. The number of carbonyl (C=O) groups is 2. The van der Waals surface area contributed by atoms with Crippen LogP contribution < -0.4 is 4.72 Å². The lowest BCUT2D eigenvalue weighted by Gasteiger charge is -2.34. The van der Waals surface area contributed by atoms with E-state index in [9.17, 15) is 18.0 Å². The zero-order valence-corrected chi connectivity index (χ0v) is 16.6. The summed E-state index contributed by atoms with van der Waals surface area (Å²) >= 11 is 3.36. The van der Waals surface area contributed by atoms with Gasteiger partial charge in [-0.05, 0) is 31.2 Å². The smallest absolute Gasteiger partial charge is 0.304 e. The van der Waals surface area contributed by atoms with Gasteiger partial charge in [0.25, 0.3) is 11.8 Å². The number of nitrogens with one attached hydrogen (secondary N) is 1. The molecule has 0 saturated carbocycles. The van der Waals surface area contributed by atoms with Crippen molar-refractivity contribution >= 4 is 38.0 Å². The number of benzene rings is 1. The molecule has 2 aliphatic rings. The van der Waals surface area contributed by atoms with Gasteiger partial charge in [0.15, 0.2) is 5.76 Å². The maximum atomic E-state index is 13.1. The lowest BCUT2D eigenvalue weighted by atomic mass is 10.0. The van der Waals surface area contributed by atoms with E-state index in [4.69, 9.17) is 4.52 Å². The molecule has 142 valence electrons. The highest BCUT2D eigenvalue weighted by atomic mass is 79.9. The molecule has 1 aromatic heterocycles. The van der Waals surface area contributed by atoms with Gasteiger partial charge in [-0.2, -0.15) is 12.7 Å². The molecule has 2 aromatic rings. The Morgan fingerprint density at radius 2 is 2.00 bits per heavy atom. The largest absolute Gasteiger partial charge is 0.355 e. The number of nitrogens with zero attached hydrogens (tertiary/aromatic N) is 3. The summed E-state index contributed by atoms with van der Waals surface area (Å²) in [5.74, 6) is -0.623. The van der Waals surface area contributed by atoms with Crippen LogP contribution in [0.3, 0.4) is 0 Å². The Balaban J connectivity index is 1.64. The van der Waals surface area contributed by atoms with Crippen molar-refractivity contribution in [3.8, 4) is 11.3 Å². The van der Waals surface area contributed by atoms with Crippen LogP contribution >= 0.6 is 15.9 Å². The summed E-state index contributed by atoms with van der Waals surface area (Å²) in [4.78, 5) is 26.5. The molecule has 0 aliphatic carbocycles. The predicted molar refractivity (Wildman–Crippen MR) is 97.8 cm³/mol. The van der Waals surface area contributed by atoms with Crippen LogP contribution in [0.15, 0.2) is 33.3 Å². The van der Waals surface area contributed by atoms with Gasteiger partial charge in [-0.3, -0.25) is 9.59 Å². The number of halogens is 1. The van der Waals surface area contributed by atoms with E-state index >= 15 is 0 Å². The second-order valence-corrected chi connectivity index (χ2v) is 8.87. The summed E-state index contributed by atoms with van der Waals surface area (Å²) in [6.07, 6.45) is 0. The van der Waals surface area contributed by atoms with E-state index in [-0.39, 0.29) is 25.5 Å². The van der Waals surface area contributed by atoms with Crippen molar-refractivity contribution in [2.24, 2.45) is 0 Å². The van der Waals surface area contributed by atoms with Gasteiger partial charge in [0.2, 0.25) is 0 Å². The molecular weight excluding hydrogens is 440 g/mol. The molecule has 1 aromatic carbocycles. The summed E-state index contributed by atoms with van der Waals surface area (Å²) in [7, 11) is -3.80. The first kappa shape index (κ1) is 18.1. The van der Waals surface area contributed by atoms with Crippen LogP contribution in [-0.2, 0) is 15.0 Å². The number of hydrogen-bond donors (Lipinski definition) is 1. The summed E-state index contributed by atoms with van der Waals surface area (Å²) in [6, 6.07) is 6.34. The highest BCUT2D eigenvalue weighted by molar-refractivity contribution is 9.10. The number of aryl methyl sites for hydroxylation is 1. The van der Waals surface area contributed by atoms with Gasteiger partial charge in [0.1, 0.15) is 11.6 Å². The topological polar surface area (TPSA) is 113 Å². The lowest BCUT2D eigenvalue weighted by molar-refractivity contribution is -0.122. The van der Waals surface area contributed by atoms with Crippen molar-refractivity contribution in [2.45, 2.75) is 13.0 Å². The lowest BCUT2D eigenvalue weighted by Crippen LogP contribution is -2.54. The highest BCUT2D eigenvalue weighted by Gasteiger charge is 2.48. The van der Waals surface area contributed by atoms with Crippen molar-refractivity contribution in [1.29, 1.82) is 0 Å². The van der Waals surface area contributed by atoms with Crippen LogP contribution in [-0.4, -0.2) is 60.3 Å². The zero-order chi connectivity index (χ0) is 19.3. The van der Waals surface area contributed by atoms with E-state index in [1.54, 1.807) is 19.1 Å². The van der Waals surface area contributed by atoms with E-state index in [2.05, 4.69) is 21.1 Å². The van der Waals surface area contributed by atoms with E-state index in [0.29, 0.717) is 22.6 Å². The summed E-state index contributed by atoms with van der Waals surface area (Å²) in [6.45, 7) is 1.87. The molecule has 3 heterocycles. The molecule has 2 fully saturated rings. The van der Waals surface area contributed by atoms with Gasteiger partial charge < -0.3 is 9.42 Å². The minimum atomic E-state index is -3.80. The van der Waals surface area contributed by atoms with Gasteiger partial charge in [0, 0.05) is 29.7 Å². The van der Waals surface area contributed by atoms with E-state index in [1.165, 1.54) is 4.90 Å². The predicted octanol–water partition coefficient (Wildman–Crippen LogP) is 0.914. The highest BCUT2D eigenvalue weighted by Crippen LogP contribution is 2.30. The summed E-state index contributed by atoms with van der Waals surface area (Å²) in [5.41, 5.74) is 1.44. The molecule has 2 aliphatic heterocycles. The molecule has 4 rings (SSSR count). The molecule has 1 N–H and O–H groups in total. The van der Waals surface area contributed by atoms with Crippen LogP contribution in [0.4, 0.5) is 0 Å². The minimum absolute atomic E-state index is 0.0195. The molecule has 0 radical (unpaired) electrons. The van der Waals surface area contributed by atoms with Crippen LogP contribution in [0.2, 0.25) is 0 Å². The van der Waals surface area contributed by atoms with E-state index in [1.807, 2.05) is 16.9 Å². The third-order valence-corrected chi connectivity index (χ3v) is 6.68. The quantitative estimate of drug-likeness (QED) is 0.721.